The highest BCUT2D eigenvalue weighted by Crippen LogP contribution is 2.36. The maximum atomic E-state index is 5.91. The van der Waals surface area contributed by atoms with Crippen molar-refractivity contribution in [3.05, 3.63) is 24.5 Å². The van der Waals surface area contributed by atoms with Gasteiger partial charge in [-0.2, -0.15) is 0 Å². The zero-order chi connectivity index (χ0) is 10.7. The summed E-state index contributed by atoms with van der Waals surface area (Å²) in [6.07, 6.45) is 8.85. The lowest BCUT2D eigenvalue weighted by Crippen LogP contribution is -2.28. The van der Waals surface area contributed by atoms with E-state index in [0.717, 1.165) is 5.75 Å². The van der Waals surface area contributed by atoms with Crippen molar-refractivity contribution in [3.8, 4) is 5.75 Å². The SMILES string of the molecule is CC1(C)CCC(Oc2ccncc2)CC1. The number of hydrogen-bond donors (Lipinski definition) is 0. The molecule has 0 spiro atoms. The normalized spacial score (nSPS) is 21.2. The van der Waals surface area contributed by atoms with E-state index in [9.17, 15) is 0 Å². The number of aromatic nitrogens is 1. The van der Waals surface area contributed by atoms with E-state index in [4.69, 9.17) is 4.74 Å². The minimum Gasteiger partial charge on any atom is -0.490 e. The van der Waals surface area contributed by atoms with E-state index in [1.165, 1.54) is 25.7 Å². The molecule has 1 aromatic heterocycles. The number of pyridine rings is 1. The summed E-state index contributed by atoms with van der Waals surface area (Å²) < 4.78 is 5.91. The standard InChI is InChI=1S/C13H19NO/c1-13(2)7-3-11(4-8-13)15-12-5-9-14-10-6-12/h5-6,9-11H,3-4,7-8H2,1-2H3. The summed E-state index contributed by atoms with van der Waals surface area (Å²) in [5.41, 5.74) is 0.512. The molecule has 1 aromatic rings. The Morgan fingerprint density at radius 2 is 1.80 bits per heavy atom. The first-order valence-electron chi connectivity index (χ1n) is 5.72. The summed E-state index contributed by atoms with van der Waals surface area (Å²) in [7, 11) is 0. The van der Waals surface area contributed by atoms with Crippen molar-refractivity contribution >= 4 is 0 Å². The second-order valence-corrected chi connectivity index (χ2v) is 5.16. The number of rotatable bonds is 2. The first-order valence-corrected chi connectivity index (χ1v) is 5.72. The number of ether oxygens (including phenoxy) is 1. The predicted octanol–water partition coefficient (Wildman–Crippen LogP) is 3.43. The molecule has 0 amide bonds. The Balaban J connectivity index is 1.88. The maximum absolute atomic E-state index is 5.91. The molecular weight excluding hydrogens is 186 g/mol. The van der Waals surface area contributed by atoms with Gasteiger partial charge < -0.3 is 4.74 Å². The molecule has 0 aromatic carbocycles. The Kier molecular flexibility index (Phi) is 2.94. The van der Waals surface area contributed by atoms with Crippen LogP contribution in [0.1, 0.15) is 39.5 Å². The molecule has 0 atom stereocenters. The molecule has 1 saturated carbocycles. The van der Waals surface area contributed by atoms with Crippen molar-refractivity contribution < 1.29 is 4.74 Å². The van der Waals surface area contributed by atoms with E-state index in [0.29, 0.717) is 11.5 Å². The molecule has 2 rings (SSSR count). The van der Waals surface area contributed by atoms with Crippen LogP contribution in [0.4, 0.5) is 0 Å². The Morgan fingerprint density at radius 1 is 1.20 bits per heavy atom. The quantitative estimate of drug-likeness (QED) is 0.738. The zero-order valence-corrected chi connectivity index (χ0v) is 9.57. The molecule has 1 aliphatic carbocycles. The largest absolute Gasteiger partial charge is 0.490 e. The van der Waals surface area contributed by atoms with Crippen molar-refractivity contribution in [2.75, 3.05) is 0 Å². The van der Waals surface area contributed by atoms with Crippen molar-refractivity contribution in [1.29, 1.82) is 0 Å². The Bertz CT molecular complexity index is 298. The smallest absolute Gasteiger partial charge is 0.122 e. The van der Waals surface area contributed by atoms with Crippen LogP contribution in [0, 0.1) is 5.41 Å². The van der Waals surface area contributed by atoms with Crippen molar-refractivity contribution in [2.24, 2.45) is 5.41 Å². The van der Waals surface area contributed by atoms with Crippen LogP contribution in [0.2, 0.25) is 0 Å². The molecule has 0 N–H and O–H groups in total. The lowest BCUT2D eigenvalue weighted by Gasteiger charge is -2.34. The number of nitrogens with zero attached hydrogens (tertiary/aromatic N) is 1. The minimum atomic E-state index is 0.403. The highest BCUT2D eigenvalue weighted by Gasteiger charge is 2.27. The maximum Gasteiger partial charge on any atom is 0.122 e. The molecule has 0 unspecified atom stereocenters. The van der Waals surface area contributed by atoms with Crippen LogP contribution < -0.4 is 4.74 Å². The fourth-order valence-corrected chi connectivity index (χ4v) is 2.10. The van der Waals surface area contributed by atoms with Gasteiger partial charge in [0, 0.05) is 12.4 Å². The summed E-state index contributed by atoms with van der Waals surface area (Å²) in [5, 5.41) is 0. The molecule has 0 bridgehead atoms. The van der Waals surface area contributed by atoms with E-state index in [1.54, 1.807) is 12.4 Å². The van der Waals surface area contributed by atoms with E-state index in [-0.39, 0.29) is 0 Å². The fourth-order valence-electron chi connectivity index (χ4n) is 2.10. The average Bonchev–Trinajstić information content (AvgIpc) is 2.23. The lowest BCUT2D eigenvalue weighted by atomic mass is 9.76. The van der Waals surface area contributed by atoms with Gasteiger partial charge in [-0.3, -0.25) is 4.98 Å². The summed E-state index contributed by atoms with van der Waals surface area (Å²) in [6.45, 7) is 4.69. The third kappa shape index (κ3) is 2.95. The van der Waals surface area contributed by atoms with Gasteiger partial charge in [-0.15, -0.1) is 0 Å². The lowest BCUT2D eigenvalue weighted by molar-refractivity contribution is 0.0987. The first-order chi connectivity index (χ1) is 7.16. The molecule has 0 radical (unpaired) electrons. The number of hydrogen-bond acceptors (Lipinski definition) is 2. The summed E-state index contributed by atoms with van der Waals surface area (Å²) >= 11 is 0. The van der Waals surface area contributed by atoms with E-state index in [1.807, 2.05) is 12.1 Å². The minimum absolute atomic E-state index is 0.403. The summed E-state index contributed by atoms with van der Waals surface area (Å²) in [5.74, 6) is 0.953. The molecule has 1 aliphatic rings. The topological polar surface area (TPSA) is 22.1 Å². The van der Waals surface area contributed by atoms with Gasteiger partial charge in [0.25, 0.3) is 0 Å². The van der Waals surface area contributed by atoms with Crippen LogP contribution in [-0.4, -0.2) is 11.1 Å². The Labute approximate surface area is 91.7 Å². The van der Waals surface area contributed by atoms with Crippen LogP contribution in [0.15, 0.2) is 24.5 Å². The fraction of sp³-hybridized carbons (Fsp3) is 0.615. The second-order valence-electron chi connectivity index (χ2n) is 5.16. The molecule has 1 heterocycles. The molecule has 1 fully saturated rings. The first kappa shape index (κ1) is 10.5. The van der Waals surface area contributed by atoms with Gasteiger partial charge in [-0.25, -0.2) is 0 Å². The molecule has 2 heteroatoms. The van der Waals surface area contributed by atoms with Crippen molar-refractivity contribution in [2.45, 2.75) is 45.6 Å². The monoisotopic (exact) mass is 205 g/mol. The van der Waals surface area contributed by atoms with Gasteiger partial charge in [0.05, 0.1) is 6.10 Å². The third-order valence-electron chi connectivity index (χ3n) is 3.24. The highest BCUT2D eigenvalue weighted by atomic mass is 16.5. The average molecular weight is 205 g/mol. The Morgan fingerprint density at radius 3 is 2.40 bits per heavy atom. The van der Waals surface area contributed by atoms with Crippen LogP contribution in [0.25, 0.3) is 0 Å². The summed E-state index contributed by atoms with van der Waals surface area (Å²) in [6, 6.07) is 3.86. The molecule has 0 aliphatic heterocycles. The molecular formula is C13H19NO. The van der Waals surface area contributed by atoms with Gasteiger partial charge in [0.2, 0.25) is 0 Å². The molecule has 15 heavy (non-hydrogen) atoms. The Hall–Kier alpha value is -1.05. The highest BCUT2D eigenvalue weighted by molar-refractivity contribution is 5.17. The van der Waals surface area contributed by atoms with Crippen molar-refractivity contribution in [3.63, 3.8) is 0 Å². The van der Waals surface area contributed by atoms with Crippen LogP contribution in [0.3, 0.4) is 0 Å². The molecule has 2 nitrogen and oxygen atoms in total. The predicted molar refractivity (Wildman–Crippen MR) is 60.9 cm³/mol. The molecule has 0 saturated heterocycles. The van der Waals surface area contributed by atoms with Gasteiger partial charge in [-0.1, -0.05) is 13.8 Å². The van der Waals surface area contributed by atoms with Crippen LogP contribution in [-0.2, 0) is 0 Å². The summed E-state index contributed by atoms with van der Waals surface area (Å²) in [4.78, 5) is 3.98. The van der Waals surface area contributed by atoms with Gasteiger partial charge in [-0.05, 0) is 43.2 Å². The van der Waals surface area contributed by atoms with Gasteiger partial charge in [0.1, 0.15) is 5.75 Å². The zero-order valence-electron chi connectivity index (χ0n) is 9.57. The van der Waals surface area contributed by atoms with Crippen LogP contribution in [0.5, 0.6) is 5.75 Å². The van der Waals surface area contributed by atoms with Gasteiger partial charge in [0.15, 0.2) is 0 Å². The van der Waals surface area contributed by atoms with Crippen LogP contribution >= 0.6 is 0 Å². The van der Waals surface area contributed by atoms with E-state index < -0.39 is 0 Å². The van der Waals surface area contributed by atoms with Gasteiger partial charge >= 0.3 is 0 Å². The second kappa shape index (κ2) is 4.21. The molecule has 82 valence electrons. The van der Waals surface area contributed by atoms with E-state index >= 15 is 0 Å². The van der Waals surface area contributed by atoms with E-state index in [2.05, 4.69) is 18.8 Å². The third-order valence-corrected chi connectivity index (χ3v) is 3.24. The van der Waals surface area contributed by atoms with Crippen molar-refractivity contribution in [1.82, 2.24) is 4.98 Å².